The first-order valence-corrected chi connectivity index (χ1v) is 6.54. The average molecular weight is 287 g/mol. The fourth-order valence-electron chi connectivity index (χ4n) is 2.30. The minimum absolute atomic E-state index is 0.00963. The summed E-state index contributed by atoms with van der Waals surface area (Å²) in [5.41, 5.74) is -0.822. The van der Waals surface area contributed by atoms with Gasteiger partial charge in [-0.15, -0.1) is 0 Å². The maximum absolute atomic E-state index is 13.1. The Morgan fingerprint density at radius 2 is 2.20 bits per heavy atom. The van der Waals surface area contributed by atoms with E-state index in [1.807, 2.05) is 6.92 Å². The van der Waals surface area contributed by atoms with E-state index in [1.165, 1.54) is 22.3 Å². The number of halogens is 3. The number of carbonyl (C=O) groups excluding carboxylic acids is 1. The first-order valence-electron chi connectivity index (χ1n) is 6.54. The third-order valence-corrected chi connectivity index (χ3v) is 3.16. The number of pyridine rings is 1. The van der Waals surface area contributed by atoms with Crippen LogP contribution in [0.3, 0.4) is 0 Å². The Morgan fingerprint density at radius 1 is 1.45 bits per heavy atom. The molecule has 2 heterocycles. The lowest BCUT2D eigenvalue weighted by molar-refractivity contribution is -0.138. The molecule has 20 heavy (non-hydrogen) atoms. The molecule has 1 fully saturated rings. The van der Waals surface area contributed by atoms with Crippen molar-refractivity contribution < 1.29 is 18.0 Å². The summed E-state index contributed by atoms with van der Waals surface area (Å²) in [7, 11) is 0. The highest BCUT2D eigenvalue weighted by molar-refractivity contribution is 5.80. The first kappa shape index (κ1) is 14.6. The normalized spacial score (nSPS) is 15.8. The molecule has 0 unspecified atom stereocenters. The molecule has 1 aliphatic rings. The molecule has 0 aliphatic carbocycles. The van der Waals surface area contributed by atoms with E-state index in [-0.39, 0.29) is 11.6 Å². The van der Waals surface area contributed by atoms with Crippen LogP contribution in [-0.2, 0) is 11.0 Å². The Balaban J connectivity index is 2.42. The molecule has 1 amide bonds. The predicted octanol–water partition coefficient (Wildman–Crippen LogP) is 2.85. The zero-order valence-corrected chi connectivity index (χ0v) is 11.2. The van der Waals surface area contributed by atoms with Gasteiger partial charge in [0, 0.05) is 31.9 Å². The van der Waals surface area contributed by atoms with Crippen LogP contribution in [0.1, 0.15) is 31.7 Å². The topological polar surface area (TPSA) is 36.4 Å². The van der Waals surface area contributed by atoms with Gasteiger partial charge in [-0.1, -0.05) is 6.92 Å². The number of alkyl halides is 3. The van der Waals surface area contributed by atoms with Gasteiger partial charge in [-0.25, -0.2) is 0 Å². The van der Waals surface area contributed by atoms with Crippen molar-refractivity contribution >= 4 is 11.6 Å². The smallest absolute Gasteiger partial charge is 0.282 e. The molecule has 1 saturated heterocycles. The van der Waals surface area contributed by atoms with Crippen LogP contribution in [0.4, 0.5) is 18.9 Å². The summed E-state index contributed by atoms with van der Waals surface area (Å²) in [4.78, 5) is 15.4. The molecule has 0 saturated carbocycles. The van der Waals surface area contributed by atoms with Crippen molar-refractivity contribution in [2.75, 3.05) is 18.1 Å². The summed E-state index contributed by atoms with van der Waals surface area (Å²) < 4.78 is 39.2. The minimum Gasteiger partial charge on any atom is -0.282 e. The van der Waals surface area contributed by atoms with E-state index in [4.69, 9.17) is 0 Å². The predicted molar refractivity (Wildman–Crippen MR) is 67.8 cm³/mol. The van der Waals surface area contributed by atoms with Crippen LogP contribution in [0.15, 0.2) is 18.5 Å². The number of amides is 1. The van der Waals surface area contributed by atoms with Gasteiger partial charge in [0.15, 0.2) is 0 Å². The second-order valence-electron chi connectivity index (χ2n) is 4.63. The highest BCUT2D eigenvalue weighted by atomic mass is 19.4. The molecule has 0 atom stereocenters. The van der Waals surface area contributed by atoms with Gasteiger partial charge in [-0.2, -0.15) is 13.2 Å². The SMILES string of the molecule is CCCN(c1ccncc1C(F)(F)F)N1CCCC1=O. The highest BCUT2D eigenvalue weighted by Crippen LogP contribution is 2.37. The molecule has 2 rings (SSSR count). The molecule has 0 spiro atoms. The minimum atomic E-state index is -4.49. The molecule has 1 aromatic heterocycles. The van der Waals surface area contributed by atoms with Crippen molar-refractivity contribution in [3.8, 4) is 0 Å². The summed E-state index contributed by atoms with van der Waals surface area (Å²) in [5.74, 6) is -0.136. The van der Waals surface area contributed by atoms with Gasteiger partial charge in [0.1, 0.15) is 0 Å². The fourth-order valence-corrected chi connectivity index (χ4v) is 2.30. The van der Waals surface area contributed by atoms with Crippen molar-refractivity contribution in [3.63, 3.8) is 0 Å². The van der Waals surface area contributed by atoms with Gasteiger partial charge < -0.3 is 0 Å². The molecular weight excluding hydrogens is 271 g/mol. The summed E-state index contributed by atoms with van der Waals surface area (Å²) in [6.45, 7) is 2.68. The first-order chi connectivity index (χ1) is 9.45. The summed E-state index contributed by atoms with van der Waals surface area (Å²) in [6, 6.07) is 1.31. The van der Waals surface area contributed by atoms with Gasteiger partial charge in [-0.05, 0) is 18.9 Å². The molecule has 0 aromatic carbocycles. The van der Waals surface area contributed by atoms with E-state index in [0.29, 0.717) is 32.4 Å². The lowest BCUT2D eigenvalue weighted by Crippen LogP contribution is -2.45. The van der Waals surface area contributed by atoms with Crippen LogP contribution in [0.5, 0.6) is 0 Å². The molecule has 4 nitrogen and oxygen atoms in total. The van der Waals surface area contributed by atoms with E-state index >= 15 is 0 Å². The molecule has 0 N–H and O–H groups in total. The molecule has 7 heteroatoms. The Bertz CT molecular complexity index is 490. The van der Waals surface area contributed by atoms with Gasteiger partial charge in [0.25, 0.3) is 0 Å². The van der Waals surface area contributed by atoms with Gasteiger partial charge in [-0.3, -0.25) is 19.8 Å². The van der Waals surface area contributed by atoms with Crippen LogP contribution in [0.25, 0.3) is 0 Å². The number of hydrogen-bond donors (Lipinski definition) is 0. The molecule has 0 radical (unpaired) electrons. The second kappa shape index (κ2) is 5.68. The van der Waals surface area contributed by atoms with Crippen LogP contribution in [-0.4, -0.2) is 29.0 Å². The number of hydrazine groups is 1. The number of rotatable bonds is 4. The standard InChI is InChI=1S/C13H16F3N3O/c1-2-7-18(19-8-3-4-12(19)20)11-5-6-17-9-10(11)13(14,15)16/h5-6,9H,2-4,7-8H2,1H3. The third kappa shape index (κ3) is 2.86. The number of aromatic nitrogens is 1. The quantitative estimate of drug-likeness (QED) is 0.854. The Labute approximate surface area is 115 Å². The summed E-state index contributed by atoms with van der Waals surface area (Å²) in [5, 5.41) is 2.84. The van der Waals surface area contributed by atoms with Crippen LogP contribution >= 0.6 is 0 Å². The second-order valence-corrected chi connectivity index (χ2v) is 4.63. The lowest BCUT2D eigenvalue weighted by Gasteiger charge is -2.34. The van der Waals surface area contributed by atoms with E-state index in [1.54, 1.807) is 0 Å². The van der Waals surface area contributed by atoms with Crippen molar-refractivity contribution in [2.24, 2.45) is 0 Å². The number of anilines is 1. The number of nitrogens with zero attached hydrogens (tertiary/aromatic N) is 3. The zero-order valence-electron chi connectivity index (χ0n) is 11.2. The Kier molecular flexibility index (Phi) is 4.15. The maximum atomic E-state index is 13.1. The van der Waals surface area contributed by atoms with Gasteiger partial charge in [0.05, 0.1) is 11.3 Å². The Hall–Kier alpha value is -1.79. The summed E-state index contributed by atoms with van der Waals surface area (Å²) in [6.07, 6.45) is -0.674. The lowest BCUT2D eigenvalue weighted by atomic mass is 10.2. The molecule has 1 aromatic rings. The van der Waals surface area contributed by atoms with E-state index < -0.39 is 11.7 Å². The Morgan fingerprint density at radius 3 is 2.75 bits per heavy atom. The number of carbonyl (C=O) groups is 1. The zero-order chi connectivity index (χ0) is 14.8. The van der Waals surface area contributed by atoms with E-state index in [0.717, 1.165) is 6.20 Å². The third-order valence-electron chi connectivity index (χ3n) is 3.16. The van der Waals surface area contributed by atoms with Crippen molar-refractivity contribution in [2.45, 2.75) is 32.4 Å². The van der Waals surface area contributed by atoms with Gasteiger partial charge >= 0.3 is 6.18 Å². The van der Waals surface area contributed by atoms with Crippen LogP contribution in [0, 0.1) is 0 Å². The van der Waals surface area contributed by atoms with Crippen LogP contribution in [0.2, 0.25) is 0 Å². The molecule has 110 valence electrons. The maximum Gasteiger partial charge on any atom is 0.419 e. The van der Waals surface area contributed by atoms with Crippen molar-refractivity contribution in [3.05, 3.63) is 24.0 Å². The molecule has 0 bridgehead atoms. The van der Waals surface area contributed by atoms with Crippen molar-refractivity contribution in [1.82, 2.24) is 9.99 Å². The van der Waals surface area contributed by atoms with Crippen molar-refractivity contribution in [1.29, 1.82) is 0 Å². The van der Waals surface area contributed by atoms with Crippen LogP contribution < -0.4 is 5.01 Å². The fraction of sp³-hybridized carbons (Fsp3) is 0.538. The summed E-state index contributed by atoms with van der Waals surface area (Å²) >= 11 is 0. The van der Waals surface area contributed by atoms with Gasteiger partial charge in [0.2, 0.25) is 5.91 Å². The van der Waals surface area contributed by atoms with E-state index in [9.17, 15) is 18.0 Å². The number of hydrogen-bond acceptors (Lipinski definition) is 3. The highest BCUT2D eigenvalue weighted by Gasteiger charge is 2.37. The molecule has 1 aliphatic heterocycles. The molecular formula is C13H16F3N3O. The largest absolute Gasteiger partial charge is 0.419 e. The monoisotopic (exact) mass is 287 g/mol. The van der Waals surface area contributed by atoms with E-state index in [2.05, 4.69) is 4.98 Å². The average Bonchev–Trinajstić information content (AvgIpc) is 2.81.